The van der Waals surface area contributed by atoms with E-state index in [0.29, 0.717) is 13.1 Å². The summed E-state index contributed by atoms with van der Waals surface area (Å²) in [5, 5.41) is 25.0. The average molecular weight is 322 g/mol. The quantitative estimate of drug-likeness (QED) is 0.555. The minimum atomic E-state index is -0.461. The monoisotopic (exact) mass is 322 g/mol. The van der Waals surface area contributed by atoms with Gasteiger partial charge in [-0.1, -0.05) is 39.8 Å². The van der Waals surface area contributed by atoms with Crippen LogP contribution in [-0.4, -0.2) is 35.4 Å². The van der Waals surface area contributed by atoms with Crippen LogP contribution in [0.4, 0.5) is 4.79 Å². The first kappa shape index (κ1) is 19.3. The van der Waals surface area contributed by atoms with Gasteiger partial charge < -0.3 is 20.8 Å². The van der Waals surface area contributed by atoms with Crippen LogP contribution in [-0.2, 0) is 6.42 Å². The zero-order chi connectivity index (χ0) is 17.5. The van der Waals surface area contributed by atoms with E-state index in [1.807, 2.05) is 39.8 Å². The summed E-state index contributed by atoms with van der Waals surface area (Å²) in [6, 6.07) is 6.88. The highest BCUT2D eigenvalue weighted by Gasteiger charge is 2.30. The van der Waals surface area contributed by atoms with E-state index in [2.05, 4.69) is 10.6 Å². The molecule has 130 valence electrons. The number of hydrogen-bond donors (Lipinski definition) is 4. The summed E-state index contributed by atoms with van der Waals surface area (Å²) in [7, 11) is 0. The van der Waals surface area contributed by atoms with Gasteiger partial charge in [0.2, 0.25) is 0 Å². The van der Waals surface area contributed by atoms with Crippen LogP contribution >= 0.6 is 0 Å². The van der Waals surface area contributed by atoms with Gasteiger partial charge in [-0.2, -0.15) is 0 Å². The summed E-state index contributed by atoms with van der Waals surface area (Å²) in [6.45, 7) is 8.84. The van der Waals surface area contributed by atoms with Crippen molar-refractivity contribution in [2.75, 3.05) is 13.1 Å². The van der Waals surface area contributed by atoms with Gasteiger partial charge in [0.25, 0.3) is 0 Å². The molecular formula is C18H30N2O3. The molecule has 4 N–H and O–H groups in total. The summed E-state index contributed by atoms with van der Waals surface area (Å²) < 4.78 is 0. The van der Waals surface area contributed by atoms with Crippen molar-refractivity contribution in [2.45, 2.75) is 46.6 Å². The minimum absolute atomic E-state index is 0.153. The lowest BCUT2D eigenvalue weighted by molar-refractivity contribution is 0.0151. The van der Waals surface area contributed by atoms with Crippen LogP contribution in [0.1, 0.15) is 39.7 Å². The van der Waals surface area contributed by atoms with Gasteiger partial charge in [-0.05, 0) is 36.5 Å². The summed E-state index contributed by atoms with van der Waals surface area (Å²) in [6.07, 6.45) is 1.21. The van der Waals surface area contributed by atoms with Gasteiger partial charge in [0.05, 0.1) is 6.10 Å². The number of aryl methyl sites for hydroxylation is 1. The number of urea groups is 1. The molecule has 0 aliphatic rings. The molecule has 0 heterocycles. The van der Waals surface area contributed by atoms with E-state index in [0.717, 1.165) is 18.4 Å². The van der Waals surface area contributed by atoms with Crippen molar-refractivity contribution in [2.24, 2.45) is 11.3 Å². The van der Waals surface area contributed by atoms with Crippen molar-refractivity contribution in [1.29, 1.82) is 0 Å². The maximum atomic E-state index is 11.8. The normalized spacial score (nSPS) is 13.0. The lowest BCUT2D eigenvalue weighted by Gasteiger charge is -2.33. The van der Waals surface area contributed by atoms with E-state index in [4.69, 9.17) is 0 Å². The SMILES string of the molecule is CC(C)C(O)C(C)(C)CNC(=O)NCCCc1ccc(O)cc1. The smallest absolute Gasteiger partial charge is 0.314 e. The first-order valence-corrected chi connectivity index (χ1v) is 8.20. The molecule has 1 unspecified atom stereocenters. The molecule has 0 aliphatic carbocycles. The van der Waals surface area contributed by atoms with Gasteiger partial charge in [0.1, 0.15) is 5.75 Å². The molecule has 0 fully saturated rings. The second-order valence-electron chi connectivity index (χ2n) is 7.06. The highest BCUT2D eigenvalue weighted by Crippen LogP contribution is 2.24. The summed E-state index contributed by atoms with van der Waals surface area (Å²) >= 11 is 0. The van der Waals surface area contributed by atoms with Gasteiger partial charge in [0, 0.05) is 18.5 Å². The Morgan fingerprint density at radius 2 is 1.78 bits per heavy atom. The molecule has 1 aromatic carbocycles. The molecule has 2 amide bonds. The average Bonchev–Trinajstić information content (AvgIpc) is 2.50. The highest BCUT2D eigenvalue weighted by molar-refractivity contribution is 5.73. The van der Waals surface area contributed by atoms with E-state index in [1.165, 1.54) is 0 Å². The third kappa shape index (κ3) is 6.91. The highest BCUT2D eigenvalue weighted by atomic mass is 16.3. The molecule has 0 saturated carbocycles. The molecule has 0 aliphatic heterocycles. The van der Waals surface area contributed by atoms with E-state index < -0.39 is 6.10 Å². The first-order valence-electron chi connectivity index (χ1n) is 8.20. The van der Waals surface area contributed by atoms with Crippen molar-refractivity contribution in [1.82, 2.24) is 10.6 Å². The molecule has 5 nitrogen and oxygen atoms in total. The van der Waals surface area contributed by atoms with Crippen LogP contribution < -0.4 is 10.6 Å². The molecule has 0 saturated heterocycles. The van der Waals surface area contributed by atoms with E-state index in [1.54, 1.807) is 12.1 Å². The predicted octanol–water partition coefficient (Wildman–Crippen LogP) is 2.67. The number of phenolic OH excluding ortho intramolecular Hbond substituents is 1. The van der Waals surface area contributed by atoms with Crippen LogP contribution in [0.2, 0.25) is 0 Å². The third-order valence-electron chi connectivity index (χ3n) is 4.00. The summed E-state index contributed by atoms with van der Waals surface area (Å²) in [5.74, 6) is 0.414. The molecular weight excluding hydrogens is 292 g/mol. The Bertz CT molecular complexity index is 484. The van der Waals surface area contributed by atoms with Gasteiger partial charge in [-0.3, -0.25) is 0 Å². The molecule has 0 aromatic heterocycles. The standard InChI is InChI=1S/C18H30N2O3/c1-13(2)16(22)18(3,4)12-20-17(23)19-11-5-6-14-7-9-15(21)10-8-14/h7-10,13,16,21-22H,5-6,11-12H2,1-4H3,(H2,19,20,23). The van der Waals surface area contributed by atoms with Gasteiger partial charge >= 0.3 is 6.03 Å². The number of aliphatic hydroxyl groups is 1. The largest absolute Gasteiger partial charge is 0.508 e. The predicted molar refractivity (Wildman–Crippen MR) is 92.5 cm³/mol. The van der Waals surface area contributed by atoms with Gasteiger partial charge in [-0.25, -0.2) is 4.79 Å². The van der Waals surface area contributed by atoms with E-state index >= 15 is 0 Å². The summed E-state index contributed by atoms with van der Waals surface area (Å²) in [5.41, 5.74) is 0.767. The molecule has 23 heavy (non-hydrogen) atoms. The molecule has 5 heteroatoms. The number of benzene rings is 1. The van der Waals surface area contributed by atoms with Gasteiger partial charge in [0.15, 0.2) is 0 Å². The Balaban J connectivity index is 2.23. The zero-order valence-electron chi connectivity index (χ0n) is 14.6. The molecule has 0 bridgehead atoms. The molecule has 1 aromatic rings. The maximum Gasteiger partial charge on any atom is 0.314 e. The fraction of sp³-hybridized carbons (Fsp3) is 0.611. The van der Waals surface area contributed by atoms with Crippen molar-refractivity contribution < 1.29 is 15.0 Å². The molecule has 1 rings (SSSR count). The second-order valence-corrected chi connectivity index (χ2v) is 7.06. The third-order valence-corrected chi connectivity index (χ3v) is 4.00. The fourth-order valence-electron chi connectivity index (χ4n) is 2.53. The van der Waals surface area contributed by atoms with Crippen LogP contribution in [0, 0.1) is 11.3 Å². The van der Waals surface area contributed by atoms with Crippen LogP contribution in [0.5, 0.6) is 5.75 Å². The van der Waals surface area contributed by atoms with Crippen LogP contribution in [0.25, 0.3) is 0 Å². The van der Waals surface area contributed by atoms with Gasteiger partial charge in [-0.15, -0.1) is 0 Å². The Hall–Kier alpha value is -1.75. The Labute approximate surface area is 139 Å². The lowest BCUT2D eigenvalue weighted by atomic mass is 9.81. The van der Waals surface area contributed by atoms with Crippen molar-refractivity contribution in [3.05, 3.63) is 29.8 Å². The molecule has 0 spiro atoms. The maximum absolute atomic E-state index is 11.8. The first-order chi connectivity index (χ1) is 10.7. The lowest BCUT2D eigenvalue weighted by Crippen LogP contribution is -2.46. The number of phenols is 1. The van der Waals surface area contributed by atoms with Crippen molar-refractivity contribution in [3.8, 4) is 5.75 Å². The molecule has 0 radical (unpaired) electrons. The Morgan fingerprint density at radius 1 is 1.17 bits per heavy atom. The number of carbonyl (C=O) groups is 1. The number of amides is 2. The van der Waals surface area contributed by atoms with E-state index in [-0.39, 0.29) is 23.1 Å². The number of nitrogens with one attached hydrogen (secondary N) is 2. The minimum Gasteiger partial charge on any atom is -0.508 e. The topological polar surface area (TPSA) is 81.6 Å². The Morgan fingerprint density at radius 3 is 2.35 bits per heavy atom. The van der Waals surface area contributed by atoms with Crippen LogP contribution in [0.15, 0.2) is 24.3 Å². The number of aliphatic hydroxyl groups excluding tert-OH is 1. The number of rotatable bonds is 8. The number of aromatic hydroxyl groups is 1. The summed E-state index contributed by atoms with van der Waals surface area (Å²) in [4.78, 5) is 11.8. The van der Waals surface area contributed by atoms with Crippen LogP contribution in [0.3, 0.4) is 0 Å². The second kappa shape index (κ2) is 8.77. The van der Waals surface area contributed by atoms with Crippen molar-refractivity contribution in [3.63, 3.8) is 0 Å². The van der Waals surface area contributed by atoms with E-state index in [9.17, 15) is 15.0 Å². The van der Waals surface area contributed by atoms with Crippen molar-refractivity contribution >= 4 is 6.03 Å². The number of hydrogen-bond acceptors (Lipinski definition) is 3. The zero-order valence-corrected chi connectivity index (χ0v) is 14.6. The molecule has 1 atom stereocenters. The Kier molecular flexibility index (Phi) is 7.36. The number of carbonyl (C=O) groups excluding carboxylic acids is 1. The fourth-order valence-corrected chi connectivity index (χ4v) is 2.53.